The maximum atomic E-state index is 14.1. The van der Waals surface area contributed by atoms with Crippen molar-refractivity contribution in [1.29, 1.82) is 0 Å². The van der Waals surface area contributed by atoms with Gasteiger partial charge in [-0.3, -0.25) is 4.79 Å². The lowest BCUT2D eigenvalue weighted by atomic mass is 9.99. The van der Waals surface area contributed by atoms with E-state index in [1.807, 2.05) is 6.07 Å². The summed E-state index contributed by atoms with van der Waals surface area (Å²) < 4.78 is 19.1. The Labute approximate surface area is 167 Å². The van der Waals surface area contributed by atoms with Crippen molar-refractivity contribution in [2.45, 2.75) is 39.3 Å². The quantitative estimate of drug-likeness (QED) is 0.628. The highest BCUT2D eigenvalue weighted by molar-refractivity contribution is 5.88. The second-order valence-electron chi connectivity index (χ2n) is 6.56. The van der Waals surface area contributed by atoms with Crippen LogP contribution in [-0.4, -0.2) is 29.1 Å². The molecule has 0 bridgehead atoms. The summed E-state index contributed by atoms with van der Waals surface area (Å²) in [4.78, 5) is 34.6. The van der Waals surface area contributed by atoms with Crippen LogP contribution >= 0.6 is 0 Å². The number of aryl methyl sites for hydroxylation is 1. The molecule has 0 heterocycles. The Bertz CT molecular complexity index is 886. The van der Waals surface area contributed by atoms with Crippen molar-refractivity contribution in [3.8, 4) is 0 Å². The van der Waals surface area contributed by atoms with Gasteiger partial charge in [0.05, 0.1) is 0 Å². The third-order valence-corrected chi connectivity index (χ3v) is 4.28. The highest BCUT2D eigenvalue weighted by Gasteiger charge is 2.21. The predicted molar refractivity (Wildman–Crippen MR) is 105 cm³/mol. The Kier molecular flexibility index (Phi) is 7.70. The van der Waals surface area contributed by atoms with E-state index >= 15 is 0 Å². The number of carboxylic acids is 1. The fourth-order valence-electron chi connectivity index (χ4n) is 2.74. The molecule has 0 aliphatic rings. The van der Waals surface area contributed by atoms with Gasteiger partial charge in [-0.15, -0.1) is 0 Å². The van der Waals surface area contributed by atoms with Crippen molar-refractivity contribution < 1.29 is 28.6 Å². The number of aliphatic carboxylic acids is 1. The van der Waals surface area contributed by atoms with Crippen LogP contribution in [-0.2, 0) is 27.4 Å². The van der Waals surface area contributed by atoms with Gasteiger partial charge in [-0.1, -0.05) is 30.3 Å². The van der Waals surface area contributed by atoms with Crippen molar-refractivity contribution >= 4 is 23.7 Å². The first kappa shape index (κ1) is 21.9. The van der Waals surface area contributed by atoms with E-state index in [-0.39, 0.29) is 31.0 Å². The van der Waals surface area contributed by atoms with E-state index in [1.54, 1.807) is 37.3 Å². The van der Waals surface area contributed by atoms with E-state index in [9.17, 15) is 23.9 Å². The number of amides is 2. The normalized spacial score (nSPS) is 11.4. The molecule has 3 N–H and O–H groups in total. The number of carbonyl (C=O) groups excluding carboxylic acids is 2. The summed E-state index contributed by atoms with van der Waals surface area (Å²) in [6, 6.07) is 10.6. The van der Waals surface area contributed by atoms with Crippen LogP contribution in [0.5, 0.6) is 0 Å². The number of carboxylic acid groups (broad SMARTS) is 1. The van der Waals surface area contributed by atoms with Crippen LogP contribution in [0.2, 0.25) is 0 Å². The average Bonchev–Trinajstić information content (AvgIpc) is 2.67. The Morgan fingerprint density at radius 2 is 1.86 bits per heavy atom. The molecule has 7 nitrogen and oxygen atoms in total. The summed E-state index contributed by atoms with van der Waals surface area (Å²) in [6.07, 6.45) is -0.637. The third kappa shape index (κ3) is 6.91. The average molecular weight is 402 g/mol. The molecule has 0 unspecified atom stereocenters. The molecule has 0 saturated heterocycles. The van der Waals surface area contributed by atoms with Crippen LogP contribution in [0.4, 0.5) is 14.9 Å². The standard InChI is InChI=1S/C21H23FN2O5/c1-13-16(10-17(11-18(13)22)23-14(2)25)8-9-19(20(26)27)24-21(28)29-12-15-6-4-3-5-7-15/h3-7,10-11,19H,8-9,12H2,1-2H3,(H,23,25)(H,24,28)(H,26,27)/t19-/m1/s1. The molecular weight excluding hydrogens is 379 g/mol. The first-order chi connectivity index (χ1) is 13.8. The smallest absolute Gasteiger partial charge is 0.408 e. The minimum atomic E-state index is -1.22. The van der Waals surface area contributed by atoms with Crippen LogP contribution in [0, 0.1) is 12.7 Å². The first-order valence-corrected chi connectivity index (χ1v) is 9.03. The molecular formula is C21H23FN2O5. The largest absolute Gasteiger partial charge is 0.480 e. The minimum absolute atomic E-state index is 0.0160. The Balaban J connectivity index is 1.98. The summed E-state index contributed by atoms with van der Waals surface area (Å²) in [7, 11) is 0. The van der Waals surface area contributed by atoms with Gasteiger partial charge in [0.25, 0.3) is 0 Å². The molecule has 0 radical (unpaired) electrons. The lowest BCUT2D eigenvalue weighted by Gasteiger charge is -2.16. The molecule has 8 heteroatoms. The number of rotatable bonds is 8. The summed E-state index contributed by atoms with van der Waals surface area (Å²) in [5, 5.41) is 14.2. The van der Waals surface area contributed by atoms with Crippen LogP contribution in [0.15, 0.2) is 42.5 Å². The fourth-order valence-corrected chi connectivity index (χ4v) is 2.74. The summed E-state index contributed by atoms with van der Waals surface area (Å²) in [6.45, 7) is 2.89. The van der Waals surface area contributed by atoms with Crippen molar-refractivity contribution in [2.75, 3.05) is 5.32 Å². The second kappa shape index (κ2) is 10.2. The molecule has 2 rings (SSSR count). The molecule has 0 aromatic heterocycles. The van der Waals surface area contributed by atoms with Gasteiger partial charge in [-0.05, 0) is 48.6 Å². The van der Waals surface area contributed by atoms with E-state index in [0.29, 0.717) is 11.1 Å². The molecule has 0 fully saturated rings. The minimum Gasteiger partial charge on any atom is -0.480 e. The van der Waals surface area contributed by atoms with Gasteiger partial charge in [0.2, 0.25) is 5.91 Å². The number of halogens is 1. The topological polar surface area (TPSA) is 105 Å². The van der Waals surface area contributed by atoms with Crippen molar-refractivity contribution in [1.82, 2.24) is 5.32 Å². The highest BCUT2D eigenvalue weighted by Crippen LogP contribution is 2.21. The van der Waals surface area contributed by atoms with E-state index in [2.05, 4.69) is 10.6 Å². The lowest BCUT2D eigenvalue weighted by Crippen LogP contribution is -2.41. The van der Waals surface area contributed by atoms with E-state index in [4.69, 9.17) is 4.74 Å². The summed E-state index contributed by atoms with van der Waals surface area (Å²) >= 11 is 0. The number of benzene rings is 2. The zero-order valence-electron chi connectivity index (χ0n) is 16.2. The van der Waals surface area contributed by atoms with Gasteiger partial charge in [-0.2, -0.15) is 0 Å². The number of hydrogen-bond donors (Lipinski definition) is 3. The van der Waals surface area contributed by atoms with Gasteiger partial charge >= 0.3 is 12.1 Å². The van der Waals surface area contributed by atoms with Crippen LogP contribution in [0.1, 0.15) is 30.0 Å². The molecule has 0 aliphatic carbocycles. The van der Waals surface area contributed by atoms with Gasteiger partial charge < -0.3 is 20.5 Å². The van der Waals surface area contributed by atoms with Gasteiger partial charge in [-0.25, -0.2) is 14.0 Å². The second-order valence-corrected chi connectivity index (χ2v) is 6.56. The van der Waals surface area contributed by atoms with Gasteiger partial charge in [0, 0.05) is 12.6 Å². The molecule has 0 spiro atoms. The van der Waals surface area contributed by atoms with E-state index < -0.39 is 23.9 Å². The van der Waals surface area contributed by atoms with Crippen molar-refractivity contribution in [3.05, 3.63) is 65.0 Å². The first-order valence-electron chi connectivity index (χ1n) is 9.03. The summed E-state index contributed by atoms with van der Waals surface area (Å²) in [5.41, 5.74) is 1.96. The van der Waals surface area contributed by atoms with Crippen LogP contribution in [0.3, 0.4) is 0 Å². The summed E-state index contributed by atoms with van der Waals surface area (Å²) in [5.74, 6) is -2.07. The zero-order chi connectivity index (χ0) is 21.4. The Morgan fingerprint density at radius 1 is 1.17 bits per heavy atom. The number of carbonyl (C=O) groups is 3. The lowest BCUT2D eigenvalue weighted by molar-refractivity contribution is -0.139. The Morgan fingerprint density at radius 3 is 2.48 bits per heavy atom. The molecule has 154 valence electrons. The zero-order valence-corrected chi connectivity index (χ0v) is 16.2. The molecule has 29 heavy (non-hydrogen) atoms. The molecule has 2 aromatic rings. The number of alkyl carbamates (subject to hydrolysis) is 1. The molecule has 2 amide bonds. The molecule has 0 aliphatic heterocycles. The number of nitrogens with one attached hydrogen (secondary N) is 2. The highest BCUT2D eigenvalue weighted by atomic mass is 19.1. The third-order valence-electron chi connectivity index (χ3n) is 4.28. The predicted octanol–water partition coefficient (Wildman–Crippen LogP) is 3.40. The monoisotopic (exact) mass is 402 g/mol. The number of anilines is 1. The molecule has 0 saturated carbocycles. The fraction of sp³-hybridized carbons (Fsp3) is 0.286. The van der Waals surface area contributed by atoms with Crippen molar-refractivity contribution in [2.24, 2.45) is 0 Å². The maximum Gasteiger partial charge on any atom is 0.408 e. The molecule has 1 atom stereocenters. The van der Waals surface area contributed by atoms with E-state index in [1.165, 1.54) is 13.0 Å². The van der Waals surface area contributed by atoms with Gasteiger partial charge in [0.1, 0.15) is 18.5 Å². The molecule has 2 aromatic carbocycles. The maximum absolute atomic E-state index is 14.1. The number of hydrogen-bond acceptors (Lipinski definition) is 4. The SMILES string of the molecule is CC(=O)Nc1cc(F)c(C)c(CC[C@@H](NC(=O)OCc2ccccc2)C(=O)O)c1. The van der Waals surface area contributed by atoms with Crippen LogP contribution < -0.4 is 10.6 Å². The van der Waals surface area contributed by atoms with Crippen molar-refractivity contribution in [3.63, 3.8) is 0 Å². The number of ether oxygens (including phenoxy) is 1. The van der Waals surface area contributed by atoms with Crippen LogP contribution in [0.25, 0.3) is 0 Å². The van der Waals surface area contributed by atoms with E-state index in [0.717, 1.165) is 5.56 Å². The Hall–Kier alpha value is -3.42. The van der Waals surface area contributed by atoms with Gasteiger partial charge in [0.15, 0.2) is 0 Å².